The Bertz CT molecular complexity index is 476. The molecule has 2 heterocycles. The Morgan fingerprint density at radius 3 is 2.95 bits per heavy atom. The first-order valence-corrected chi connectivity index (χ1v) is 7.86. The van der Waals surface area contributed by atoms with Crippen LogP contribution in [0.2, 0.25) is 0 Å². The topological polar surface area (TPSA) is 58.3 Å². The van der Waals surface area contributed by atoms with E-state index in [1.165, 1.54) is 25.7 Å². The van der Waals surface area contributed by atoms with Gasteiger partial charge in [-0.05, 0) is 24.7 Å². The average molecular weight is 292 g/mol. The van der Waals surface area contributed by atoms with Crippen molar-refractivity contribution in [1.82, 2.24) is 25.0 Å². The van der Waals surface area contributed by atoms with Gasteiger partial charge in [0.2, 0.25) is 0 Å². The van der Waals surface area contributed by atoms with Gasteiger partial charge in [0.25, 0.3) is 0 Å². The Kier molecular flexibility index (Phi) is 5.20. The molecule has 0 amide bonds. The maximum atomic E-state index is 4.44. The lowest BCUT2D eigenvalue weighted by Gasteiger charge is -2.42. The van der Waals surface area contributed by atoms with Crippen LogP contribution in [0.15, 0.2) is 11.3 Å². The van der Waals surface area contributed by atoms with Crippen molar-refractivity contribution in [1.29, 1.82) is 0 Å². The molecule has 1 aromatic rings. The van der Waals surface area contributed by atoms with Gasteiger partial charge < -0.3 is 10.2 Å². The SMILES string of the molecule is CCCC1(C)CCCN(C(=NC)NCc2ncnn2C)C1. The number of hydrogen-bond acceptors (Lipinski definition) is 3. The molecule has 6 heteroatoms. The van der Waals surface area contributed by atoms with Crippen molar-refractivity contribution in [3.05, 3.63) is 12.2 Å². The fourth-order valence-electron chi connectivity index (χ4n) is 3.27. The maximum Gasteiger partial charge on any atom is 0.194 e. The molecule has 1 aliphatic heterocycles. The van der Waals surface area contributed by atoms with Gasteiger partial charge in [-0.25, -0.2) is 4.98 Å². The van der Waals surface area contributed by atoms with Crippen LogP contribution in [0.5, 0.6) is 0 Å². The number of rotatable bonds is 4. The quantitative estimate of drug-likeness (QED) is 0.679. The molecule has 1 N–H and O–H groups in total. The highest BCUT2D eigenvalue weighted by Crippen LogP contribution is 2.33. The number of aryl methyl sites for hydroxylation is 1. The van der Waals surface area contributed by atoms with E-state index >= 15 is 0 Å². The summed E-state index contributed by atoms with van der Waals surface area (Å²) < 4.78 is 1.79. The van der Waals surface area contributed by atoms with E-state index in [1.54, 1.807) is 11.0 Å². The number of likely N-dealkylation sites (tertiary alicyclic amines) is 1. The van der Waals surface area contributed by atoms with E-state index in [4.69, 9.17) is 0 Å². The van der Waals surface area contributed by atoms with Crippen molar-refractivity contribution in [2.24, 2.45) is 17.5 Å². The van der Waals surface area contributed by atoms with Gasteiger partial charge in [-0.15, -0.1) is 0 Å². The molecule has 2 rings (SSSR count). The van der Waals surface area contributed by atoms with E-state index in [-0.39, 0.29) is 0 Å². The zero-order valence-corrected chi connectivity index (χ0v) is 13.8. The van der Waals surface area contributed by atoms with Gasteiger partial charge in [0.05, 0.1) is 6.54 Å². The van der Waals surface area contributed by atoms with Gasteiger partial charge >= 0.3 is 0 Å². The molecule has 1 aliphatic rings. The van der Waals surface area contributed by atoms with Crippen molar-refractivity contribution in [2.45, 2.75) is 46.1 Å². The Hall–Kier alpha value is -1.59. The molecule has 0 aliphatic carbocycles. The van der Waals surface area contributed by atoms with Crippen LogP contribution in [0.4, 0.5) is 0 Å². The Morgan fingerprint density at radius 2 is 2.33 bits per heavy atom. The lowest BCUT2D eigenvalue weighted by molar-refractivity contribution is 0.142. The third-order valence-corrected chi connectivity index (χ3v) is 4.36. The van der Waals surface area contributed by atoms with Crippen molar-refractivity contribution >= 4 is 5.96 Å². The average Bonchev–Trinajstić information content (AvgIpc) is 2.85. The molecule has 1 atom stereocenters. The summed E-state index contributed by atoms with van der Waals surface area (Å²) in [6.45, 7) is 7.49. The third kappa shape index (κ3) is 3.95. The summed E-state index contributed by atoms with van der Waals surface area (Å²) in [5, 5.41) is 7.51. The van der Waals surface area contributed by atoms with E-state index in [2.05, 4.69) is 39.1 Å². The summed E-state index contributed by atoms with van der Waals surface area (Å²) in [7, 11) is 3.76. The van der Waals surface area contributed by atoms with E-state index in [0.717, 1.165) is 24.9 Å². The fourth-order valence-corrected chi connectivity index (χ4v) is 3.27. The summed E-state index contributed by atoms with van der Waals surface area (Å²) in [6, 6.07) is 0. The molecule has 0 bridgehead atoms. The van der Waals surface area contributed by atoms with Crippen LogP contribution >= 0.6 is 0 Å². The first-order chi connectivity index (χ1) is 10.1. The Balaban J connectivity index is 1.96. The number of guanidine groups is 1. The summed E-state index contributed by atoms with van der Waals surface area (Å²) in [5.74, 6) is 1.89. The molecular formula is C15H28N6. The minimum atomic E-state index is 0.412. The first-order valence-electron chi connectivity index (χ1n) is 7.86. The van der Waals surface area contributed by atoms with Crippen LogP contribution in [0.25, 0.3) is 0 Å². The Labute approximate surface area is 127 Å². The standard InChI is InChI=1S/C15H28N6/c1-5-7-15(2)8-6-9-21(11-15)14(16-3)17-10-13-18-12-19-20(13)4/h12H,5-11H2,1-4H3,(H,16,17). The molecule has 1 unspecified atom stereocenters. The van der Waals surface area contributed by atoms with Gasteiger partial charge in [-0.3, -0.25) is 9.67 Å². The molecule has 0 saturated carbocycles. The van der Waals surface area contributed by atoms with E-state index in [9.17, 15) is 0 Å². The summed E-state index contributed by atoms with van der Waals surface area (Å²) in [6.07, 6.45) is 6.66. The fraction of sp³-hybridized carbons (Fsp3) is 0.800. The molecular weight excluding hydrogens is 264 g/mol. The number of nitrogens with zero attached hydrogens (tertiary/aromatic N) is 5. The van der Waals surface area contributed by atoms with Crippen molar-refractivity contribution in [2.75, 3.05) is 20.1 Å². The minimum absolute atomic E-state index is 0.412. The van der Waals surface area contributed by atoms with Crippen molar-refractivity contribution < 1.29 is 0 Å². The number of aliphatic imine (C=N–C) groups is 1. The molecule has 21 heavy (non-hydrogen) atoms. The molecule has 118 valence electrons. The number of nitrogens with one attached hydrogen (secondary N) is 1. The maximum absolute atomic E-state index is 4.44. The summed E-state index contributed by atoms with van der Waals surface area (Å²) in [5.41, 5.74) is 0.412. The number of piperidine rings is 1. The number of hydrogen-bond donors (Lipinski definition) is 1. The zero-order valence-electron chi connectivity index (χ0n) is 13.8. The smallest absolute Gasteiger partial charge is 0.194 e. The normalized spacial score (nSPS) is 23.4. The van der Waals surface area contributed by atoms with Crippen LogP contribution < -0.4 is 5.32 Å². The second-order valence-corrected chi connectivity index (χ2v) is 6.29. The summed E-state index contributed by atoms with van der Waals surface area (Å²) >= 11 is 0. The molecule has 1 saturated heterocycles. The second-order valence-electron chi connectivity index (χ2n) is 6.29. The molecule has 1 fully saturated rings. The van der Waals surface area contributed by atoms with E-state index < -0.39 is 0 Å². The van der Waals surface area contributed by atoms with Crippen LogP contribution in [0.1, 0.15) is 45.4 Å². The van der Waals surface area contributed by atoms with Gasteiger partial charge in [0.15, 0.2) is 5.96 Å². The zero-order chi connectivity index (χ0) is 15.3. The molecule has 0 aromatic carbocycles. The van der Waals surface area contributed by atoms with Gasteiger partial charge in [-0.1, -0.05) is 20.3 Å². The molecule has 1 aromatic heterocycles. The van der Waals surface area contributed by atoms with E-state index in [0.29, 0.717) is 12.0 Å². The van der Waals surface area contributed by atoms with E-state index in [1.807, 2.05) is 14.1 Å². The molecule has 0 spiro atoms. The van der Waals surface area contributed by atoms with Gasteiger partial charge in [0.1, 0.15) is 12.2 Å². The van der Waals surface area contributed by atoms with Crippen LogP contribution in [0.3, 0.4) is 0 Å². The lowest BCUT2D eigenvalue weighted by Crippen LogP contribution is -2.49. The highest BCUT2D eigenvalue weighted by molar-refractivity contribution is 5.79. The van der Waals surface area contributed by atoms with Gasteiger partial charge in [-0.2, -0.15) is 5.10 Å². The van der Waals surface area contributed by atoms with Crippen molar-refractivity contribution in [3.63, 3.8) is 0 Å². The molecule has 6 nitrogen and oxygen atoms in total. The van der Waals surface area contributed by atoms with Crippen LogP contribution in [-0.4, -0.2) is 45.8 Å². The minimum Gasteiger partial charge on any atom is -0.349 e. The monoisotopic (exact) mass is 292 g/mol. The number of aromatic nitrogens is 3. The van der Waals surface area contributed by atoms with Gasteiger partial charge in [0, 0.05) is 27.2 Å². The largest absolute Gasteiger partial charge is 0.349 e. The van der Waals surface area contributed by atoms with Crippen LogP contribution in [0, 0.1) is 5.41 Å². The Morgan fingerprint density at radius 1 is 1.52 bits per heavy atom. The van der Waals surface area contributed by atoms with Crippen LogP contribution in [-0.2, 0) is 13.6 Å². The third-order valence-electron chi connectivity index (χ3n) is 4.36. The highest BCUT2D eigenvalue weighted by atomic mass is 15.3. The summed E-state index contributed by atoms with van der Waals surface area (Å²) in [4.78, 5) is 11.1. The second kappa shape index (κ2) is 6.91. The van der Waals surface area contributed by atoms with Crippen molar-refractivity contribution in [3.8, 4) is 0 Å². The lowest BCUT2D eigenvalue weighted by atomic mass is 9.78. The predicted octanol–water partition coefficient (Wildman–Crippen LogP) is 1.79. The molecule has 0 radical (unpaired) electrons. The predicted molar refractivity (Wildman–Crippen MR) is 85.0 cm³/mol. The first kappa shape index (κ1) is 15.8. The highest BCUT2D eigenvalue weighted by Gasteiger charge is 2.31.